The highest BCUT2D eigenvalue weighted by atomic mass is 32.1. The van der Waals surface area contributed by atoms with Crippen LogP contribution in [0.2, 0.25) is 0 Å². The lowest BCUT2D eigenvalue weighted by molar-refractivity contribution is -0.167. The van der Waals surface area contributed by atoms with E-state index in [9.17, 15) is 22.8 Å². The molecule has 0 saturated heterocycles. The predicted octanol–water partition coefficient (Wildman–Crippen LogP) is 2.93. The van der Waals surface area contributed by atoms with E-state index in [-0.39, 0.29) is 17.0 Å². The maximum Gasteiger partial charge on any atom is 0.471 e. The van der Waals surface area contributed by atoms with Crippen LogP contribution >= 0.6 is 11.3 Å². The van der Waals surface area contributed by atoms with Crippen molar-refractivity contribution in [3.63, 3.8) is 0 Å². The molecule has 1 aromatic carbocycles. The van der Waals surface area contributed by atoms with E-state index in [1.807, 2.05) is 0 Å². The van der Waals surface area contributed by atoms with Crippen molar-refractivity contribution in [2.45, 2.75) is 12.6 Å². The first-order valence-electron chi connectivity index (χ1n) is 5.92. The fourth-order valence-electron chi connectivity index (χ4n) is 1.64. The summed E-state index contributed by atoms with van der Waals surface area (Å²) in [4.78, 5) is 25.8. The zero-order valence-electron chi connectivity index (χ0n) is 10.8. The molecule has 0 spiro atoms. The third kappa shape index (κ3) is 3.82. The highest BCUT2D eigenvalue weighted by Gasteiger charge is 2.39. The monoisotopic (exact) mass is 330 g/mol. The van der Waals surface area contributed by atoms with Crippen LogP contribution in [0.5, 0.6) is 0 Å². The van der Waals surface area contributed by atoms with E-state index in [0.29, 0.717) is 11.3 Å². The molecule has 0 radical (unpaired) electrons. The Bertz CT molecular complexity index is 698. The van der Waals surface area contributed by atoms with E-state index in [1.165, 1.54) is 0 Å². The second-order valence-corrected chi connectivity index (χ2v) is 5.29. The summed E-state index contributed by atoms with van der Waals surface area (Å²) in [5, 5.41) is 10.2. The molecule has 0 aliphatic heterocycles. The quantitative estimate of drug-likeness (QED) is 0.903. The molecule has 1 heterocycles. The van der Waals surface area contributed by atoms with Gasteiger partial charge in [-0.25, -0.2) is 9.78 Å². The van der Waals surface area contributed by atoms with Crippen LogP contribution in [0.4, 0.5) is 18.3 Å². The van der Waals surface area contributed by atoms with Crippen molar-refractivity contribution < 1.29 is 27.9 Å². The Balaban J connectivity index is 2.26. The van der Waals surface area contributed by atoms with Crippen LogP contribution in [0.3, 0.4) is 0 Å². The maximum absolute atomic E-state index is 12.2. The molecule has 1 aromatic heterocycles. The molecule has 2 rings (SSSR count). The number of carboxylic acids is 1. The average molecular weight is 330 g/mol. The third-order valence-corrected chi connectivity index (χ3v) is 3.56. The SMILES string of the molecule is O=C(O)c1nc(NC(=O)C(F)(F)F)sc1Cc1ccccc1. The number of anilines is 1. The molecule has 0 atom stereocenters. The molecule has 0 aliphatic carbocycles. The Hall–Kier alpha value is -2.42. The average Bonchev–Trinajstić information content (AvgIpc) is 2.81. The van der Waals surface area contributed by atoms with Crippen molar-refractivity contribution in [1.29, 1.82) is 0 Å². The number of thiazole rings is 1. The molecule has 9 heteroatoms. The predicted molar refractivity (Wildman–Crippen MR) is 73.0 cm³/mol. The summed E-state index contributed by atoms with van der Waals surface area (Å²) in [6.45, 7) is 0. The normalized spacial score (nSPS) is 11.2. The van der Waals surface area contributed by atoms with Gasteiger partial charge in [0.2, 0.25) is 0 Å². The molecule has 0 fully saturated rings. The molecule has 1 amide bonds. The zero-order valence-corrected chi connectivity index (χ0v) is 11.7. The van der Waals surface area contributed by atoms with Crippen LogP contribution < -0.4 is 5.32 Å². The molecule has 0 unspecified atom stereocenters. The van der Waals surface area contributed by atoms with Crippen LogP contribution in [0.25, 0.3) is 0 Å². The van der Waals surface area contributed by atoms with E-state index in [0.717, 1.165) is 5.56 Å². The largest absolute Gasteiger partial charge is 0.476 e. The summed E-state index contributed by atoms with van der Waals surface area (Å²) >= 11 is 0.703. The number of hydrogen-bond donors (Lipinski definition) is 2. The minimum absolute atomic E-state index is 0.196. The zero-order chi connectivity index (χ0) is 16.3. The summed E-state index contributed by atoms with van der Waals surface area (Å²) in [7, 11) is 0. The van der Waals surface area contributed by atoms with Gasteiger partial charge < -0.3 is 5.11 Å². The van der Waals surface area contributed by atoms with E-state index in [2.05, 4.69) is 4.98 Å². The van der Waals surface area contributed by atoms with Gasteiger partial charge in [0, 0.05) is 11.3 Å². The standard InChI is InChI=1S/C13H9F3N2O3S/c14-13(15,16)11(21)18-12-17-9(10(19)20)8(22-12)6-7-4-2-1-3-5-7/h1-5H,6H2,(H,19,20)(H,17,18,21). The summed E-state index contributed by atoms with van der Waals surface area (Å²) in [5.41, 5.74) is 0.411. The Kier molecular flexibility index (Phi) is 4.45. The molecule has 22 heavy (non-hydrogen) atoms. The van der Waals surface area contributed by atoms with Crippen molar-refractivity contribution in [1.82, 2.24) is 4.98 Å². The number of hydrogen-bond acceptors (Lipinski definition) is 4. The first-order chi connectivity index (χ1) is 10.3. The lowest BCUT2D eigenvalue weighted by Gasteiger charge is -2.04. The van der Waals surface area contributed by atoms with Gasteiger partial charge in [0.05, 0.1) is 0 Å². The first kappa shape index (κ1) is 16.0. The fourth-order valence-corrected chi connectivity index (χ4v) is 2.62. The number of aromatic carboxylic acids is 1. The van der Waals surface area contributed by atoms with Crippen molar-refractivity contribution >= 4 is 28.3 Å². The lowest BCUT2D eigenvalue weighted by Crippen LogP contribution is -2.29. The molecule has 5 nitrogen and oxygen atoms in total. The highest BCUT2D eigenvalue weighted by Crippen LogP contribution is 2.27. The van der Waals surface area contributed by atoms with Crippen molar-refractivity contribution in [3.8, 4) is 0 Å². The van der Waals surface area contributed by atoms with Crippen molar-refractivity contribution in [3.05, 3.63) is 46.5 Å². The Labute approximate surface area is 126 Å². The molecule has 0 saturated carbocycles. The fraction of sp³-hybridized carbons (Fsp3) is 0.154. The Morgan fingerprint density at radius 1 is 1.23 bits per heavy atom. The van der Waals surface area contributed by atoms with E-state index < -0.39 is 23.2 Å². The minimum Gasteiger partial charge on any atom is -0.476 e. The molecule has 0 aliphatic rings. The van der Waals surface area contributed by atoms with Gasteiger partial charge in [-0.15, -0.1) is 11.3 Å². The number of amides is 1. The number of alkyl halides is 3. The van der Waals surface area contributed by atoms with Gasteiger partial charge in [0.15, 0.2) is 10.8 Å². The number of nitrogens with zero attached hydrogens (tertiary/aromatic N) is 1. The summed E-state index contributed by atoms with van der Waals surface area (Å²) in [6.07, 6.45) is -4.86. The van der Waals surface area contributed by atoms with Crippen LogP contribution in [0.15, 0.2) is 30.3 Å². The van der Waals surface area contributed by atoms with Gasteiger partial charge in [0.1, 0.15) is 0 Å². The topological polar surface area (TPSA) is 79.3 Å². The number of aromatic nitrogens is 1. The number of nitrogens with one attached hydrogen (secondary N) is 1. The summed E-state index contributed by atoms with van der Waals surface area (Å²) in [5.74, 6) is -3.56. The number of carbonyl (C=O) groups is 2. The summed E-state index contributed by atoms with van der Waals surface area (Å²) < 4.78 is 36.6. The molecular weight excluding hydrogens is 321 g/mol. The van der Waals surface area contributed by atoms with Gasteiger partial charge in [-0.05, 0) is 5.56 Å². The number of carboxylic acid groups (broad SMARTS) is 1. The van der Waals surface area contributed by atoms with Crippen LogP contribution in [0, 0.1) is 0 Å². The van der Waals surface area contributed by atoms with Gasteiger partial charge in [-0.3, -0.25) is 10.1 Å². The van der Waals surface area contributed by atoms with Gasteiger partial charge in [-0.2, -0.15) is 13.2 Å². The third-order valence-electron chi connectivity index (χ3n) is 2.59. The second kappa shape index (κ2) is 6.14. The van der Waals surface area contributed by atoms with E-state index in [4.69, 9.17) is 5.11 Å². The number of halogens is 3. The Morgan fingerprint density at radius 3 is 2.41 bits per heavy atom. The number of benzene rings is 1. The van der Waals surface area contributed by atoms with Gasteiger partial charge in [-0.1, -0.05) is 30.3 Å². The number of carbonyl (C=O) groups excluding carboxylic acids is 1. The number of rotatable bonds is 4. The molecule has 2 N–H and O–H groups in total. The van der Waals surface area contributed by atoms with Gasteiger partial charge in [0.25, 0.3) is 0 Å². The van der Waals surface area contributed by atoms with Crippen LogP contribution in [-0.4, -0.2) is 28.1 Å². The smallest absolute Gasteiger partial charge is 0.471 e. The minimum atomic E-state index is -5.06. The van der Waals surface area contributed by atoms with Gasteiger partial charge >= 0.3 is 18.1 Å². The molecule has 0 bridgehead atoms. The van der Waals surface area contributed by atoms with Crippen LogP contribution in [0.1, 0.15) is 20.9 Å². The van der Waals surface area contributed by atoms with E-state index in [1.54, 1.807) is 35.6 Å². The lowest BCUT2D eigenvalue weighted by atomic mass is 10.1. The van der Waals surface area contributed by atoms with Crippen molar-refractivity contribution in [2.24, 2.45) is 0 Å². The van der Waals surface area contributed by atoms with Crippen LogP contribution in [-0.2, 0) is 11.2 Å². The summed E-state index contributed by atoms with van der Waals surface area (Å²) in [6, 6.07) is 8.79. The molecule has 2 aromatic rings. The van der Waals surface area contributed by atoms with Crippen molar-refractivity contribution in [2.75, 3.05) is 5.32 Å². The molecule has 116 valence electrons. The van der Waals surface area contributed by atoms with E-state index >= 15 is 0 Å². The maximum atomic E-state index is 12.2. The second-order valence-electron chi connectivity index (χ2n) is 4.21. The molecular formula is C13H9F3N2O3S. The highest BCUT2D eigenvalue weighted by molar-refractivity contribution is 7.16. The Morgan fingerprint density at radius 2 is 1.86 bits per heavy atom. The first-order valence-corrected chi connectivity index (χ1v) is 6.74.